The van der Waals surface area contributed by atoms with Crippen molar-refractivity contribution in [2.75, 3.05) is 32.6 Å². The van der Waals surface area contributed by atoms with Crippen LogP contribution in [0, 0.1) is 6.92 Å². The molecule has 0 saturated heterocycles. The summed E-state index contributed by atoms with van der Waals surface area (Å²) in [6.45, 7) is 3.87. The van der Waals surface area contributed by atoms with E-state index in [1.54, 1.807) is 31.2 Å². The molecule has 2 aromatic rings. The van der Waals surface area contributed by atoms with E-state index in [0.29, 0.717) is 40.3 Å². The van der Waals surface area contributed by atoms with Crippen LogP contribution in [0.3, 0.4) is 0 Å². The van der Waals surface area contributed by atoms with Crippen molar-refractivity contribution >= 4 is 35.3 Å². The number of aromatic nitrogens is 1. The number of likely N-dealkylation sites (N-methyl/N-ethyl adjacent to an activating group) is 1. The average Bonchev–Trinajstić information content (AvgIpc) is 3.04. The minimum Gasteiger partial charge on any atom is -0.491 e. The fourth-order valence-corrected chi connectivity index (χ4v) is 2.64. The van der Waals surface area contributed by atoms with Gasteiger partial charge in [0.2, 0.25) is 11.8 Å². The zero-order valence-electron chi connectivity index (χ0n) is 16.1. The van der Waals surface area contributed by atoms with Crippen molar-refractivity contribution < 1.29 is 23.6 Å². The largest absolute Gasteiger partial charge is 0.491 e. The third kappa shape index (κ3) is 5.75. The van der Waals surface area contributed by atoms with E-state index < -0.39 is 0 Å². The quantitative estimate of drug-likeness (QED) is 0.675. The molecule has 0 saturated carbocycles. The number of amides is 2. The van der Waals surface area contributed by atoms with E-state index in [9.17, 15) is 9.59 Å². The lowest BCUT2D eigenvalue weighted by Gasteiger charge is -2.14. The lowest BCUT2D eigenvalue weighted by molar-refractivity contribution is -0.129. The zero-order valence-corrected chi connectivity index (χ0v) is 16.9. The molecular weight excluding hydrogens is 386 g/mol. The van der Waals surface area contributed by atoms with Crippen molar-refractivity contribution in [2.24, 2.45) is 0 Å². The molecule has 0 aliphatic heterocycles. The molecule has 1 N–H and O–H groups in total. The van der Waals surface area contributed by atoms with Crippen LogP contribution in [0.1, 0.15) is 18.2 Å². The lowest BCUT2D eigenvalue weighted by Crippen LogP contribution is -2.33. The minimum atomic E-state index is -0.385. The molecule has 2 amide bonds. The lowest BCUT2D eigenvalue weighted by atomic mass is 10.2. The van der Waals surface area contributed by atoms with Gasteiger partial charge in [-0.15, -0.1) is 0 Å². The minimum absolute atomic E-state index is 0.136. The van der Waals surface area contributed by atoms with Crippen LogP contribution >= 0.6 is 11.6 Å². The number of ether oxygens (including phenoxy) is 2. The number of carbonyl (C=O) groups is 2. The van der Waals surface area contributed by atoms with Gasteiger partial charge < -0.3 is 24.2 Å². The second-order valence-electron chi connectivity index (χ2n) is 5.87. The maximum atomic E-state index is 12.3. The molecule has 0 spiro atoms. The van der Waals surface area contributed by atoms with Crippen LogP contribution in [0.2, 0.25) is 5.02 Å². The van der Waals surface area contributed by atoms with Gasteiger partial charge in [0.15, 0.2) is 17.3 Å². The van der Waals surface area contributed by atoms with Gasteiger partial charge in [-0.3, -0.25) is 9.59 Å². The monoisotopic (exact) mass is 407 g/mol. The summed E-state index contributed by atoms with van der Waals surface area (Å²) in [7, 11) is 3.02. The summed E-state index contributed by atoms with van der Waals surface area (Å²) >= 11 is 6.20. The van der Waals surface area contributed by atoms with Crippen molar-refractivity contribution in [1.82, 2.24) is 10.1 Å². The number of hydrogen-bond donors (Lipinski definition) is 1. The van der Waals surface area contributed by atoms with Gasteiger partial charge >= 0.3 is 0 Å². The first kappa shape index (κ1) is 21.3. The number of benzene rings is 1. The number of nitrogens with zero attached hydrogens (tertiary/aromatic N) is 2. The van der Waals surface area contributed by atoms with E-state index in [1.807, 2.05) is 6.92 Å². The predicted molar refractivity (Wildman–Crippen MR) is 106 cm³/mol. The molecule has 9 heteroatoms. The molecule has 0 unspecified atom stereocenters. The molecule has 0 atom stereocenters. The highest BCUT2D eigenvalue weighted by Gasteiger charge is 2.13. The van der Waals surface area contributed by atoms with Crippen LogP contribution < -0.4 is 14.8 Å². The molecule has 0 aliphatic carbocycles. The SMILES string of the molecule is CCOc1cc(C=CC(=O)N(C)CC(=O)Nc2cc(C)on2)cc(Cl)c1OC. The molecule has 0 radical (unpaired) electrons. The second kappa shape index (κ2) is 9.80. The van der Waals surface area contributed by atoms with Gasteiger partial charge in [-0.05, 0) is 37.6 Å². The maximum absolute atomic E-state index is 12.3. The molecule has 1 aromatic heterocycles. The number of halogens is 1. The van der Waals surface area contributed by atoms with E-state index in [-0.39, 0.29) is 18.4 Å². The number of aryl methyl sites for hydroxylation is 1. The highest BCUT2D eigenvalue weighted by molar-refractivity contribution is 6.32. The van der Waals surface area contributed by atoms with Gasteiger partial charge in [0.1, 0.15) is 5.76 Å². The molecule has 0 bridgehead atoms. The summed E-state index contributed by atoms with van der Waals surface area (Å²) < 4.78 is 15.6. The summed E-state index contributed by atoms with van der Waals surface area (Å²) in [5.74, 6) is 1.06. The number of rotatable bonds is 8. The number of hydrogen-bond acceptors (Lipinski definition) is 6. The molecule has 150 valence electrons. The first-order valence-electron chi connectivity index (χ1n) is 8.50. The maximum Gasteiger partial charge on any atom is 0.246 e. The molecule has 0 fully saturated rings. The standard InChI is InChI=1S/C19H22ClN3O5/c1-5-27-15-10-13(9-14(20)19(15)26-4)6-7-18(25)23(3)11-17(24)21-16-8-12(2)28-22-16/h6-10H,5,11H2,1-4H3,(H,21,22,24). The van der Waals surface area contributed by atoms with E-state index in [4.69, 9.17) is 25.6 Å². The van der Waals surface area contributed by atoms with Gasteiger partial charge in [-0.25, -0.2) is 0 Å². The fraction of sp³-hybridized carbons (Fsp3) is 0.316. The molecule has 28 heavy (non-hydrogen) atoms. The van der Waals surface area contributed by atoms with Crippen molar-refractivity contribution in [3.05, 3.63) is 40.6 Å². The summed E-state index contributed by atoms with van der Waals surface area (Å²) in [4.78, 5) is 25.5. The second-order valence-corrected chi connectivity index (χ2v) is 6.27. The summed E-state index contributed by atoms with van der Waals surface area (Å²) in [5, 5.41) is 6.60. The highest BCUT2D eigenvalue weighted by atomic mass is 35.5. The third-order valence-electron chi connectivity index (χ3n) is 3.61. The summed E-state index contributed by atoms with van der Waals surface area (Å²) in [5.41, 5.74) is 0.665. The van der Waals surface area contributed by atoms with Gasteiger partial charge in [-0.1, -0.05) is 16.8 Å². The van der Waals surface area contributed by atoms with Gasteiger partial charge in [0, 0.05) is 19.2 Å². The predicted octanol–water partition coefficient (Wildman–Crippen LogP) is 3.15. The molecule has 8 nitrogen and oxygen atoms in total. The first-order chi connectivity index (χ1) is 13.3. The summed E-state index contributed by atoms with van der Waals surface area (Å²) in [6, 6.07) is 4.97. The number of anilines is 1. The molecule has 1 aromatic carbocycles. The topological polar surface area (TPSA) is 93.9 Å². The van der Waals surface area contributed by atoms with E-state index in [1.165, 1.54) is 25.1 Å². The van der Waals surface area contributed by atoms with Crippen molar-refractivity contribution in [3.8, 4) is 11.5 Å². The van der Waals surface area contributed by atoms with Gasteiger partial charge in [0.25, 0.3) is 0 Å². The summed E-state index contributed by atoms with van der Waals surface area (Å²) in [6.07, 6.45) is 2.94. The molecule has 1 heterocycles. The normalized spacial score (nSPS) is 10.8. The Morgan fingerprint density at radius 2 is 2.11 bits per heavy atom. The van der Waals surface area contributed by atoms with Crippen LogP contribution in [-0.4, -0.2) is 49.2 Å². The van der Waals surface area contributed by atoms with E-state index in [2.05, 4.69) is 10.5 Å². The smallest absolute Gasteiger partial charge is 0.246 e. The van der Waals surface area contributed by atoms with Crippen LogP contribution in [0.4, 0.5) is 5.82 Å². The molecular formula is C19H22ClN3O5. The van der Waals surface area contributed by atoms with E-state index in [0.717, 1.165) is 0 Å². The third-order valence-corrected chi connectivity index (χ3v) is 3.89. The Hall–Kier alpha value is -3.00. The number of nitrogens with one attached hydrogen (secondary N) is 1. The highest BCUT2D eigenvalue weighted by Crippen LogP contribution is 2.36. The van der Waals surface area contributed by atoms with Crippen molar-refractivity contribution in [2.45, 2.75) is 13.8 Å². The van der Waals surface area contributed by atoms with E-state index >= 15 is 0 Å². The van der Waals surface area contributed by atoms with Crippen molar-refractivity contribution in [1.29, 1.82) is 0 Å². The first-order valence-corrected chi connectivity index (χ1v) is 8.88. The van der Waals surface area contributed by atoms with Crippen LogP contribution in [0.5, 0.6) is 11.5 Å². The number of carbonyl (C=O) groups excluding carboxylic acids is 2. The molecule has 0 aliphatic rings. The Bertz CT molecular complexity index is 878. The Balaban J connectivity index is 2.00. The zero-order chi connectivity index (χ0) is 20.7. The van der Waals surface area contributed by atoms with Crippen LogP contribution in [-0.2, 0) is 9.59 Å². The van der Waals surface area contributed by atoms with Gasteiger partial charge in [-0.2, -0.15) is 0 Å². The number of methoxy groups -OCH3 is 1. The van der Waals surface area contributed by atoms with Crippen molar-refractivity contribution in [3.63, 3.8) is 0 Å². The van der Waals surface area contributed by atoms with Gasteiger partial charge in [0.05, 0.1) is 25.3 Å². The Morgan fingerprint density at radius 3 is 2.71 bits per heavy atom. The van der Waals surface area contributed by atoms with Crippen LogP contribution in [0.15, 0.2) is 28.8 Å². The van der Waals surface area contributed by atoms with Crippen LogP contribution in [0.25, 0.3) is 6.08 Å². The molecule has 2 rings (SSSR count). The fourth-order valence-electron chi connectivity index (χ4n) is 2.34. The Labute approximate surface area is 168 Å². The Kier molecular flexibility index (Phi) is 7.45. The average molecular weight is 408 g/mol. The Morgan fingerprint density at radius 1 is 1.36 bits per heavy atom.